The number of hydrogen-bond acceptors (Lipinski definition) is 4. The van der Waals surface area contributed by atoms with Crippen molar-refractivity contribution in [2.45, 2.75) is 57.0 Å². The average molecular weight is 345 g/mol. The molecule has 0 aliphatic heterocycles. The van der Waals surface area contributed by atoms with Gasteiger partial charge in [-0.3, -0.25) is 19.5 Å². The van der Waals surface area contributed by atoms with Crippen LogP contribution in [-0.4, -0.2) is 52.0 Å². The molecule has 0 atom stereocenters. The van der Waals surface area contributed by atoms with Crippen LogP contribution < -0.4 is 5.32 Å². The molecule has 2 fully saturated rings. The minimum atomic E-state index is -0.772. The minimum Gasteiger partial charge on any atom is -0.480 e. The van der Waals surface area contributed by atoms with Crippen molar-refractivity contribution in [3.05, 3.63) is 30.1 Å². The van der Waals surface area contributed by atoms with Crippen LogP contribution in [0.3, 0.4) is 0 Å². The van der Waals surface area contributed by atoms with Crippen LogP contribution in [0.15, 0.2) is 24.5 Å². The highest BCUT2D eigenvalue weighted by Gasteiger charge is 2.40. The number of carboxylic acids is 1. The van der Waals surface area contributed by atoms with Gasteiger partial charge in [0.25, 0.3) is 0 Å². The van der Waals surface area contributed by atoms with Gasteiger partial charge in [-0.1, -0.05) is 6.07 Å². The van der Waals surface area contributed by atoms with E-state index in [1.807, 2.05) is 26.0 Å². The zero-order valence-corrected chi connectivity index (χ0v) is 14.9. The molecule has 3 rings (SSSR count). The Kier molecular flexibility index (Phi) is 5.08. The van der Waals surface area contributed by atoms with E-state index in [0.717, 1.165) is 24.9 Å². The van der Waals surface area contributed by atoms with Crippen molar-refractivity contribution in [2.24, 2.45) is 5.92 Å². The van der Waals surface area contributed by atoms with E-state index in [1.165, 1.54) is 12.8 Å². The summed E-state index contributed by atoms with van der Waals surface area (Å²) < 4.78 is 0. The normalized spacial score (nSPS) is 23.2. The van der Waals surface area contributed by atoms with Gasteiger partial charge in [-0.15, -0.1) is 0 Å². The summed E-state index contributed by atoms with van der Waals surface area (Å²) in [4.78, 5) is 29.9. The quantitative estimate of drug-likeness (QED) is 0.751. The number of carbonyl (C=O) groups is 2. The summed E-state index contributed by atoms with van der Waals surface area (Å²) in [5.41, 5.74) is 0.262. The molecule has 0 aromatic carbocycles. The Morgan fingerprint density at radius 2 is 2.08 bits per heavy atom. The standard InChI is InChI=1S/C19H27N3O3/c1-19(2,14-4-3-7-20-10-14)18(25)21-15-8-16(9-15)22(12-17(23)24)11-13-5-6-13/h3-4,7,10,13,15-16H,5-6,8-9,11-12H2,1-2H3,(H,21,25)(H,23,24). The number of nitrogens with zero attached hydrogens (tertiary/aromatic N) is 2. The predicted octanol–water partition coefficient (Wildman–Crippen LogP) is 1.80. The van der Waals surface area contributed by atoms with E-state index >= 15 is 0 Å². The molecule has 0 unspecified atom stereocenters. The Balaban J connectivity index is 1.52. The molecule has 0 bridgehead atoms. The number of nitrogens with one attached hydrogen (secondary N) is 1. The molecule has 136 valence electrons. The van der Waals surface area contributed by atoms with E-state index in [2.05, 4.69) is 15.2 Å². The van der Waals surface area contributed by atoms with E-state index in [0.29, 0.717) is 5.92 Å². The number of carboxylic acid groups (broad SMARTS) is 1. The molecule has 2 saturated carbocycles. The van der Waals surface area contributed by atoms with Crippen molar-refractivity contribution in [3.8, 4) is 0 Å². The Bertz CT molecular complexity index is 622. The maximum absolute atomic E-state index is 12.7. The SMILES string of the molecule is CC(C)(C(=O)NC1CC(N(CC(=O)O)CC2CC2)C1)c1cccnc1. The van der Waals surface area contributed by atoms with Crippen molar-refractivity contribution in [2.75, 3.05) is 13.1 Å². The summed E-state index contributed by atoms with van der Waals surface area (Å²) in [6.45, 7) is 4.78. The number of aliphatic carboxylic acids is 1. The minimum absolute atomic E-state index is 0.00377. The third kappa shape index (κ3) is 4.37. The van der Waals surface area contributed by atoms with Gasteiger partial charge in [0.1, 0.15) is 0 Å². The summed E-state index contributed by atoms with van der Waals surface area (Å²) >= 11 is 0. The molecule has 2 N–H and O–H groups in total. The molecule has 0 radical (unpaired) electrons. The second-order valence-corrected chi connectivity index (χ2v) is 7.93. The fraction of sp³-hybridized carbons (Fsp3) is 0.632. The van der Waals surface area contributed by atoms with Gasteiger partial charge in [-0.2, -0.15) is 0 Å². The largest absolute Gasteiger partial charge is 0.480 e. The van der Waals surface area contributed by atoms with Crippen LogP contribution in [0.25, 0.3) is 0 Å². The Morgan fingerprint density at radius 1 is 1.36 bits per heavy atom. The summed E-state index contributed by atoms with van der Waals surface area (Å²) in [6, 6.07) is 4.15. The summed E-state index contributed by atoms with van der Waals surface area (Å²) in [5, 5.41) is 12.2. The molecule has 25 heavy (non-hydrogen) atoms. The van der Waals surface area contributed by atoms with E-state index in [1.54, 1.807) is 12.4 Å². The maximum atomic E-state index is 12.7. The first kappa shape index (κ1) is 17.9. The fourth-order valence-corrected chi connectivity index (χ4v) is 3.38. The fourth-order valence-electron chi connectivity index (χ4n) is 3.38. The third-order valence-corrected chi connectivity index (χ3v) is 5.44. The maximum Gasteiger partial charge on any atom is 0.317 e. The van der Waals surface area contributed by atoms with E-state index in [-0.39, 0.29) is 24.5 Å². The lowest BCUT2D eigenvalue weighted by Crippen LogP contribution is -2.57. The van der Waals surface area contributed by atoms with E-state index in [9.17, 15) is 9.59 Å². The molecule has 2 aliphatic rings. The van der Waals surface area contributed by atoms with E-state index in [4.69, 9.17) is 5.11 Å². The smallest absolute Gasteiger partial charge is 0.317 e. The zero-order valence-electron chi connectivity index (χ0n) is 14.9. The summed E-state index contributed by atoms with van der Waals surface area (Å²) in [5.74, 6) is -0.112. The predicted molar refractivity (Wildman–Crippen MR) is 94.1 cm³/mol. The van der Waals surface area contributed by atoms with Crippen molar-refractivity contribution in [3.63, 3.8) is 0 Å². The van der Waals surface area contributed by atoms with Gasteiger partial charge in [-0.25, -0.2) is 0 Å². The number of hydrogen-bond donors (Lipinski definition) is 2. The number of pyridine rings is 1. The molecule has 1 amide bonds. The first-order valence-corrected chi connectivity index (χ1v) is 9.03. The lowest BCUT2D eigenvalue weighted by atomic mass is 9.81. The Labute approximate surface area is 148 Å². The van der Waals surface area contributed by atoms with E-state index < -0.39 is 11.4 Å². The van der Waals surface area contributed by atoms with Crippen molar-refractivity contribution < 1.29 is 14.7 Å². The van der Waals surface area contributed by atoms with Crippen molar-refractivity contribution in [1.82, 2.24) is 15.2 Å². The number of rotatable bonds is 8. The summed E-state index contributed by atoms with van der Waals surface area (Å²) in [7, 11) is 0. The van der Waals surface area contributed by atoms with Gasteiger partial charge in [0.2, 0.25) is 5.91 Å². The van der Waals surface area contributed by atoms with Crippen molar-refractivity contribution in [1.29, 1.82) is 0 Å². The van der Waals surface area contributed by atoms with Crippen LogP contribution in [0.1, 0.15) is 45.1 Å². The molecule has 1 aromatic heterocycles. The topological polar surface area (TPSA) is 82.5 Å². The van der Waals surface area contributed by atoms with Crippen molar-refractivity contribution >= 4 is 11.9 Å². The molecular weight excluding hydrogens is 318 g/mol. The monoisotopic (exact) mass is 345 g/mol. The van der Waals surface area contributed by atoms with Crippen LogP contribution in [0.5, 0.6) is 0 Å². The van der Waals surface area contributed by atoms with Gasteiger partial charge in [0, 0.05) is 31.0 Å². The highest BCUT2D eigenvalue weighted by atomic mass is 16.4. The molecule has 0 spiro atoms. The molecule has 6 nitrogen and oxygen atoms in total. The summed E-state index contributed by atoms with van der Waals surface area (Å²) in [6.07, 6.45) is 7.51. The molecule has 0 saturated heterocycles. The third-order valence-electron chi connectivity index (χ3n) is 5.44. The number of amides is 1. The second-order valence-electron chi connectivity index (χ2n) is 7.93. The Morgan fingerprint density at radius 3 is 2.64 bits per heavy atom. The highest BCUT2D eigenvalue weighted by Crippen LogP contribution is 2.34. The van der Waals surface area contributed by atoms with Gasteiger partial charge < -0.3 is 10.4 Å². The first-order chi connectivity index (χ1) is 11.9. The highest BCUT2D eigenvalue weighted by molar-refractivity contribution is 5.87. The average Bonchev–Trinajstić information content (AvgIpc) is 3.34. The number of carbonyl (C=O) groups excluding carboxylic acids is 1. The molecule has 6 heteroatoms. The molecule has 2 aliphatic carbocycles. The van der Waals surface area contributed by atoms with Gasteiger partial charge >= 0.3 is 5.97 Å². The van der Waals surface area contributed by atoms with Crippen LogP contribution in [0.4, 0.5) is 0 Å². The molecule has 1 aromatic rings. The van der Waals surface area contributed by atoms with Gasteiger partial charge in [-0.05, 0) is 57.1 Å². The number of aromatic nitrogens is 1. The molecule has 1 heterocycles. The van der Waals surface area contributed by atoms with Crippen LogP contribution in [0.2, 0.25) is 0 Å². The zero-order chi connectivity index (χ0) is 18.0. The second kappa shape index (κ2) is 7.12. The van der Waals surface area contributed by atoms with Crippen LogP contribution in [0, 0.1) is 5.92 Å². The van der Waals surface area contributed by atoms with Gasteiger partial charge in [0.15, 0.2) is 0 Å². The lowest BCUT2D eigenvalue weighted by Gasteiger charge is -2.43. The first-order valence-electron chi connectivity index (χ1n) is 9.03. The lowest BCUT2D eigenvalue weighted by molar-refractivity contribution is -0.140. The van der Waals surface area contributed by atoms with Crippen LogP contribution in [-0.2, 0) is 15.0 Å². The van der Waals surface area contributed by atoms with Gasteiger partial charge in [0.05, 0.1) is 12.0 Å². The Hall–Kier alpha value is -1.95. The molecular formula is C19H27N3O3. The van der Waals surface area contributed by atoms with Crippen LogP contribution >= 0.6 is 0 Å².